The minimum absolute atomic E-state index is 0.0406. The molecule has 0 spiro atoms. The van der Waals surface area contributed by atoms with Gasteiger partial charge in [-0.25, -0.2) is 4.39 Å². The lowest BCUT2D eigenvalue weighted by molar-refractivity contribution is -0.275. The van der Waals surface area contributed by atoms with Crippen LogP contribution in [0.4, 0.5) is 23.2 Å². The third-order valence-electron chi connectivity index (χ3n) is 7.93. The quantitative estimate of drug-likeness (QED) is 0.423. The molecule has 2 aromatic carbocycles. The number of primary amides is 1. The van der Waals surface area contributed by atoms with Gasteiger partial charge in [-0.3, -0.25) is 19.1 Å². The van der Waals surface area contributed by atoms with Crippen LogP contribution >= 0.6 is 0 Å². The summed E-state index contributed by atoms with van der Waals surface area (Å²) in [6.45, 7) is -0.256. The fourth-order valence-corrected chi connectivity index (χ4v) is 6.08. The van der Waals surface area contributed by atoms with Crippen LogP contribution in [0.1, 0.15) is 54.1 Å². The molecule has 3 N–H and O–H groups in total. The van der Waals surface area contributed by atoms with Crippen molar-refractivity contribution in [2.45, 2.75) is 63.0 Å². The van der Waals surface area contributed by atoms with Gasteiger partial charge in [0.15, 0.2) is 17.3 Å². The Morgan fingerprint density at radius 2 is 1.88 bits per heavy atom. The number of carbonyl (C=O) groups is 3. The Morgan fingerprint density at radius 3 is 2.58 bits per heavy atom. The van der Waals surface area contributed by atoms with Gasteiger partial charge in [-0.15, -0.1) is 13.2 Å². The highest BCUT2D eigenvalue weighted by molar-refractivity contribution is 6.04. The van der Waals surface area contributed by atoms with E-state index in [1.807, 2.05) is 12.1 Å². The number of carbonyl (C=O) groups excluding carboxylic acids is 3. The van der Waals surface area contributed by atoms with Crippen LogP contribution in [0.5, 0.6) is 5.75 Å². The third-order valence-corrected chi connectivity index (χ3v) is 7.93. The van der Waals surface area contributed by atoms with Gasteiger partial charge in [-0.2, -0.15) is 5.10 Å². The van der Waals surface area contributed by atoms with Crippen molar-refractivity contribution in [1.82, 2.24) is 14.7 Å². The maximum atomic E-state index is 14.7. The summed E-state index contributed by atoms with van der Waals surface area (Å²) < 4.78 is 57.8. The number of rotatable bonds is 7. The lowest BCUT2D eigenvalue weighted by atomic mass is 9.97. The van der Waals surface area contributed by atoms with E-state index >= 15 is 0 Å². The molecule has 9 nitrogen and oxygen atoms in total. The molecule has 40 heavy (non-hydrogen) atoms. The Labute approximate surface area is 225 Å². The summed E-state index contributed by atoms with van der Waals surface area (Å²) in [6, 6.07) is 7.47. The van der Waals surface area contributed by atoms with Gasteiger partial charge in [0, 0.05) is 11.4 Å². The van der Waals surface area contributed by atoms with E-state index in [0.29, 0.717) is 36.1 Å². The van der Waals surface area contributed by atoms with Crippen molar-refractivity contribution in [3.63, 3.8) is 0 Å². The molecule has 1 aliphatic heterocycles. The Balaban J connectivity index is 1.26. The highest BCUT2D eigenvalue weighted by Gasteiger charge is 2.51. The van der Waals surface area contributed by atoms with Crippen LogP contribution in [0.3, 0.4) is 0 Å². The maximum Gasteiger partial charge on any atom is 0.573 e. The molecule has 13 heteroatoms. The first-order valence-corrected chi connectivity index (χ1v) is 13.0. The van der Waals surface area contributed by atoms with Gasteiger partial charge in [0.05, 0.1) is 11.2 Å². The number of nitrogens with two attached hydrogens (primary N) is 1. The number of fused-ring (bicyclic) bond motifs is 3. The largest absolute Gasteiger partial charge is 0.573 e. The first kappa shape index (κ1) is 26.1. The number of nitrogens with one attached hydrogen (secondary N) is 1. The fraction of sp³-hybridized carbons (Fsp3) is 0.407. The summed E-state index contributed by atoms with van der Waals surface area (Å²) in [7, 11) is 0. The van der Waals surface area contributed by atoms with Crippen LogP contribution in [-0.4, -0.2) is 50.8 Å². The number of likely N-dealkylation sites (tertiary alicyclic amines) is 1. The molecule has 2 bridgehead atoms. The van der Waals surface area contributed by atoms with Crippen LogP contribution in [0, 0.1) is 11.7 Å². The number of amides is 3. The van der Waals surface area contributed by atoms with Gasteiger partial charge >= 0.3 is 6.36 Å². The molecule has 6 rings (SSSR count). The van der Waals surface area contributed by atoms with Gasteiger partial charge in [-0.05, 0) is 67.7 Å². The van der Waals surface area contributed by atoms with Crippen molar-refractivity contribution in [1.29, 1.82) is 0 Å². The van der Waals surface area contributed by atoms with Gasteiger partial charge in [0.1, 0.15) is 12.6 Å². The summed E-state index contributed by atoms with van der Waals surface area (Å²) in [5, 5.41) is 7.18. The summed E-state index contributed by atoms with van der Waals surface area (Å²) >= 11 is 0. The standard InChI is InChI=1S/C27H25F4N5O4/c28-22-18(2-1-3-20(22)40-27(29,30)31)33-26(39)24-15-6-8-16(10-15)36(24)21(37)12-35-19-11-14(13-4-5-13)7-9-17(19)23(34-35)25(32)38/h1-3,7,9,11,13,15-16,24H,4-6,8,10,12H2,(H2,32,38)(H,33,39)/t15-,16+,24-/m0/s1. The van der Waals surface area contributed by atoms with Crippen molar-refractivity contribution in [2.75, 3.05) is 5.32 Å². The van der Waals surface area contributed by atoms with Gasteiger partial charge < -0.3 is 20.7 Å². The van der Waals surface area contributed by atoms with Crippen LogP contribution in [0.15, 0.2) is 36.4 Å². The van der Waals surface area contributed by atoms with E-state index in [2.05, 4.69) is 15.2 Å². The zero-order valence-electron chi connectivity index (χ0n) is 21.1. The highest BCUT2D eigenvalue weighted by Crippen LogP contribution is 2.44. The molecule has 2 saturated carbocycles. The van der Waals surface area contributed by atoms with E-state index in [1.54, 1.807) is 6.07 Å². The Morgan fingerprint density at radius 1 is 1.10 bits per heavy atom. The third kappa shape index (κ3) is 4.73. The van der Waals surface area contributed by atoms with Gasteiger partial charge in [0.2, 0.25) is 11.8 Å². The zero-order valence-corrected chi connectivity index (χ0v) is 21.1. The fourth-order valence-electron chi connectivity index (χ4n) is 6.08. The van der Waals surface area contributed by atoms with Crippen LogP contribution in [-0.2, 0) is 16.1 Å². The van der Waals surface area contributed by atoms with E-state index in [9.17, 15) is 31.9 Å². The molecule has 3 atom stereocenters. The normalized spacial score (nSPS) is 22.1. The lowest BCUT2D eigenvalue weighted by Crippen LogP contribution is -2.52. The second-order valence-electron chi connectivity index (χ2n) is 10.5. The average Bonchev–Trinajstić information content (AvgIpc) is 3.38. The maximum absolute atomic E-state index is 14.7. The number of hydrogen-bond donors (Lipinski definition) is 2. The Kier molecular flexibility index (Phi) is 6.19. The molecular formula is C27H25F4N5O4. The van der Waals surface area contributed by atoms with E-state index < -0.39 is 47.4 Å². The SMILES string of the molecule is NC(=O)c1nn(CC(=O)N2[C@@H]3CC[C@@H](C3)[C@H]2C(=O)Nc2cccc(OC(F)(F)F)c2F)c2cc(C3CC3)ccc12. The number of hydrogen-bond acceptors (Lipinski definition) is 5. The summed E-state index contributed by atoms with van der Waals surface area (Å²) in [5.74, 6) is -4.07. The smallest absolute Gasteiger partial charge is 0.403 e. The van der Waals surface area contributed by atoms with E-state index in [1.165, 1.54) is 9.58 Å². The van der Waals surface area contributed by atoms with Crippen molar-refractivity contribution in [3.8, 4) is 5.75 Å². The number of benzene rings is 2. The number of ether oxygens (including phenoxy) is 1. The second kappa shape index (κ2) is 9.49. The average molecular weight is 560 g/mol. The molecule has 1 aromatic heterocycles. The molecule has 3 aromatic rings. The lowest BCUT2D eigenvalue weighted by Gasteiger charge is -2.34. The Bertz CT molecular complexity index is 1530. The predicted molar refractivity (Wildman–Crippen MR) is 134 cm³/mol. The van der Waals surface area contributed by atoms with Gasteiger partial charge in [0.25, 0.3) is 5.91 Å². The molecule has 2 aliphatic carbocycles. The number of anilines is 1. The van der Waals surface area contributed by atoms with Crippen LogP contribution < -0.4 is 15.8 Å². The summed E-state index contributed by atoms with van der Waals surface area (Å²) in [4.78, 5) is 40.5. The van der Waals surface area contributed by atoms with Crippen LogP contribution in [0.25, 0.3) is 10.9 Å². The van der Waals surface area contributed by atoms with Crippen molar-refractivity contribution >= 4 is 34.3 Å². The summed E-state index contributed by atoms with van der Waals surface area (Å²) in [6.07, 6.45) is -1.07. The van der Waals surface area contributed by atoms with E-state index in [0.717, 1.165) is 36.6 Å². The predicted octanol–water partition coefficient (Wildman–Crippen LogP) is 4.07. The number of nitrogens with zero attached hydrogens (tertiary/aromatic N) is 3. The van der Waals surface area contributed by atoms with Crippen molar-refractivity contribution in [2.24, 2.45) is 11.7 Å². The van der Waals surface area contributed by atoms with Crippen molar-refractivity contribution < 1.29 is 36.7 Å². The minimum Gasteiger partial charge on any atom is -0.403 e. The molecule has 3 amide bonds. The number of halogens is 4. The molecule has 210 valence electrons. The molecule has 2 heterocycles. The molecule has 3 fully saturated rings. The summed E-state index contributed by atoms with van der Waals surface area (Å²) in [5.41, 5.74) is 6.75. The number of alkyl halides is 3. The molecular weight excluding hydrogens is 534 g/mol. The molecule has 0 unspecified atom stereocenters. The number of aromatic nitrogens is 2. The Hall–Kier alpha value is -4.16. The van der Waals surface area contributed by atoms with E-state index in [-0.39, 0.29) is 24.2 Å². The minimum atomic E-state index is -5.11. The van der Waals surface area contributed by atoms with Crippen molar-refractivity contribution in [3.05, 3.63) is 53.5 Å². The molecule has 1 saturated heterocycles. The zero-order chi connectivity index (χ0) is 28.3. The second-order valence-corrected chi connectivity index (χ2v) is 10.5. The molecule has 3 aliphatic rings. The monoisotopic (exact) mass is 559 g/mol. The van der Waals surface area contributed by atoms with Gasteiger partial charge in [-0.1, -0.05) is 18.2 Å². The van der Waals surface area contributed by atoms with Crippen LogP contribution in [0.2, 0.25) is 0 Å². The number of piperidine rings is 1. The first-order valence-electron chi connectivity index (χ1n) is 13.0. The highest BCUT2D eigenvalue weighted by atomic mass is 19.4. The topological polar surface area (TPSA) is 120 Å². The molecule has 0 radical (unpaired) electrons. The van der Waals surface area contributed by atoms with E-state index in [4.69, 9.17) is 5.73 Å². The first-order chi connectivity index (χ1) is 19.0.